The average molecular weight is 337 g/mol. The van der Waals surface area contributed by atoms with Gasteiger partial charge in [-0.1, -0.05) is 17.7 Å². The van der Waals surface area contributed by atoms with Crippen LogP contribution in [0.2, 0.25) is 5.02 Å². The second-order valence-corrected chi connectivity index (χ2v) is 6.86. The molecule has 0 amide bonds. The molecule has 2 aromatic rings. The fourth-order valence-electron chi connectivity index (χ4n) is 3.02. The highest BCUT2D eigenvalue weighted by Crippen LogP contribution is 2.38. The van der Waals surface area contributed by atoms with Crippen molar-refractivity contribution in [2.24, 2.45) is 0 Å². The standard InChI is InChI=1S/C17H21ClN2OS/c1-21-15-6-5-13(18)12-14(15)17(16-4-2-11-22-16)20-9-3-7-19-8-10-20/h2,4-6,11-12,17,19H,3,7-10H2,1H3. The number of hydrogen-bond acceptors (Lipinski definition) is 4. The summed E-state index contributed by atoms with van der Waals surface area (Å²) in [4.78, 5) is 3.86. The molecule has 3 nitrogen and oxygen atoms in total. The molecule has 0 radical (unpaired) electrons. The minimum atomic E-state index is 0.202. The number of rotatable bonds is 4. The molecule has 0 bridgehead atoms. The topological polar surface area (TPSA) is 24.5 Å². The Hall–Kier alpha value is -1.07. The van der Waals surface area contributed by atoms with Crippen LogP contribution in [0.25, 0.3) is 0 Å². The Labute approximate surface area is 140 Å². The molecule has 1 N–H and O–H groups in total. The van der Waals surface area contributed by atoms with Crippen LogP contribution in [0.1, 0.15) is 22.9 Å². The Kier molecular flexibility index (Phi) is 5.37. The van der Waals surface area contributed by atoms with Gasteiger partial charge in [-0.05, 0) is 42.6 Å². The quantitative estimate of drug-likeness (QED) is 0.919. The molecule has 118 valence electrons. The van der Waals surface area contributed by atoms with Crippen LogP contribution < -0.4 is 10.1 Å². The first-order valence-electron chi connectivity index (χ1n) is 7.61. The van der Waals surface area contributed by atoms with Crippen LogP contribution in [0.3, 0.4) is 0 Å². The molecule has 1 fully saturated rings. The molecule has 1 atom stereocenters. The van der Waals surface area contributed by atoms with Gasteiger partial charge in [-0.25, -0.2) is 0 Å². The van der Waals surface area contributed by atoms with Crippen molar-refractivity contribution in [2.45, 2.75) is 12.5 Å². The first kappa shape index (κ1) is 15.8. The van der Waals surface area contributed by atoms with E-state index in [1.54, 1.807) is 18.4 Å². The normalized spacial score (nSPS) is 17.9. The number of ether oxygens (including phenoxy) is 1. The van der Waals surface area contributed by atoms with Gasteiger partial charge in [0.1, 0.15) is 5.75 Å². The van der Waals surface area contributed by atoms with E-state index >= 15 is 0 Å². The maximum Gasteiger partial charge on any atom is 0.124 e. The zero-order valence-electron chi connectivity index (χ0n) is 12.7. The summed E-state index contributed by atoms with van der Waals surface area (Å²) in [5.41, 5.74) is 1.15. The predicted octanol–water partition coefficient (Wildman–Crippen LogP) is 3.79. The highest BCUT2D eigenvalue weighted by molar-refractivity contribution is 7.10. The van der Waals surface area contributed by atoms with Crippen molar-refractivity contribution in [1.82, 2.24) is 10.2 Å². The molecule has 3 rings (SSSR count). The third-order valence-electron chi connectivity index (χ3n) is 4.04. The summed E-state index contributed by atoms with van der Waals surface area (Å²) in [7, 11) is 1.72. The van der Waals surface area contributed by atoms with Gasteiger partial charge in [0.05, 0.1) is 13.2 Å². The van der Waals surface area contributed by atoms with Gasteiger partial charge in [-0.3, -0.25) is 4.90 Å². The zero-order valence-corrected chi connectivity index (χ0v) is 14.3. The molecule has 22 heavy (non-hydrogen) atoms. The SMILES string of the molecule is COc1ccc(Cl)cc1C(c1cccs1)N1CCCNCC1. The van der Waals surface area contributed by atoms with Crippen molar-refractivity contribution in [1.29, 1.82) is 0 Å². The van der Waals surface area contributed by atoms with Gasteiger partial charge in [0.25, 0.3) is 0 Å². The Bertz CT molecular complexity index is 595. The molecule has 1 saturated heterocycles. The van der Waals surface area contributed by atoms with Crippen LogP contribution in [-0.4, -0.2) is 38.2 Å². The van der Waals surface area contributed by atoms with E-state index in [9.17, 15) is 0 Å². The number of methoxy groups -OCH3 is 1. The molecule has 0 saturated carbocycles. The van der Waals surface area contributed by atoms with Gasteiger partial charge in [-0.2, -0.15) is 0 Å². The molecule has 1 aromatic heterocycles. The molecular weight excluding hydrogens is 316 g/mol. The Morgan fingerprint density at radius 1 is 1.27 bits per heavy atom. The largest absolute Gasteiger partial charge is 0.496 e. The monoisotopic (exact) mass is 336 g/mol. The Morgan fingerprint density at radius 3 is 2.95 bits per heavy atom. The molecule has 5 heteroatoms. The van der Waals surface area contributed by atoms with Crippen LogP contribution >= 0.6 is 22.9 Å². The minimum absolute atomic E-state index is 0.202. The molecule has 0 aliphatic carbocycles. The van der Waals surface area contributed by atoms with Gasteiger partial charge in [0.2, 0.25) is 0 Å². The van der Waals surface area contributed by atoms with Crippen molar-refractivity contribution in [2.75, 3.05) is 33.3 Å². The van der Waals surface area contributed by atoms with Crippen LogP contribution in [0.15, 0.2) is 35.7 Å². The smallest absolute Gasteiger partial charge is 0.124 e. The van der Waals surface area contributed by atoms with E-state index in [1.165, 1.54) is 4.88 Å². The molecule has 1 aromatic carbocycles. The van der Waals surface area contributed by atoms with E-state index in [2.05, 4.69) is 27.7 Å². The van der Waals surface area contributed by atoms with E-state index in [-0.39, 0.29) is 6.04 Å². The molecule has 1 aliphatic heterocycles. The Morgan fingerprint density at radius 2 is 2.18 bits per heavy atom. The summed E-state index contributed by atoms with van der Waals surface area (Å²) < 4.78 is 5.61. The van der Waals surface area contributed by atoms with E-state index in [0.29, 0.717) is 0 Å². The lowest BCUT2D eigenvalue weighted by Gasteiger charge is -2.31. The predicted molar refractivity (Wildman–Crippen MR) is 93.2 cm³/mol. The fourth-order valence-corrected chi connectivity index (χ4v) is 4.08. The van der Waals surface area contributed by atoms with Crippen molar-refractivity contribution < 1.29 is 4.74 Å². The van der Waals surface area contributed by atoms with Crippen LogP contribution in [0, 0.1) is 0 Å². The van der Waals surface area contributed by atoms with Gasteiger partial charge in [0.15, 0.2) is 0 Å². The van der Waals surface area contributed by atoms with E-state index in [0.717, 1.165) is 48.9 Å². The van der Waals surface area contributed by atoms with Crippen LogP contribution in [0.4, 0.5) is 0 Å². The number of nitrogens with zero attached hydrogens (tertiary/aromatic N) is 1. The second kappa shape index (κ2) is 7.47. The number of nitrogens with one attached hydrogen (secondary N) is 1. The van der Waals surface area contributed by atoms with Gasteiger partial charge in [0, 0.05) is 35.1 Å². The van der Waals surface area contributed by atoms with Crippen molar-refractivity contribution in [3.8, 4) is 5.75 Å². The van der Waals surface area contributed by atoms with Crippen LogP contribution in [-0.2, 0) is 0 Å². The molecule has 1 aliphatic rings. The highest BCUT2D eigenvalue weighted by atomic mass is 35.5. The number of benzene rings is 1. The summed E-state index contributed by atoms with van der Waals surface area (Å²) in [5.74, 6) is 0.903. The number of hydrogen-bond donors (Lipinski definition) is 1. The van der Waals surface area contributed by atoms with Gasteiger partial charge < -0.3 is 10.1 Å². The Balaban J connectivity index is 2.03. The molecule has 2 heterocycles. The molecular formula is C17H21ClN2OS. The maximum atomic E-state index is 6.27. The molecule has 0 spiro atoms. The maximum absolute atomic E-state index is 6.27. The summed E-state index contributed by atoms with van der Waals surface area (Å²) in [6.45, 7) is 4.20. The van der Waals surface area contributed by atoms with E-state index in [1.807, 2.05) is 18.2 Å². The van der Waals surface area contributed by atoms with Crippen molar-refractivity contribution >= 4 is 22.9 Å². The first-order chi connectivity index (χ1) is 10.8. The second-order valence-electron chi connectivity index (χ2n) is 5.44. The van der Waals surface area contributed by atoms with E-state index in [4.69, 9.17) is 16.3 Å². The summed E-state index contributed by atoms with van der Waals surface area (Å²) in [5, 5.41) is 6.36. The fraction of sp³-hybridized carbons (Fsp3) is 0.412. The summed E-state index contributed by atoms with van der Waals surface area (Å²) in [6.07, 6.45) is 1.16. The lowest BCUT2D eigenvalue weighted by atomic mass is 10.0. The minimum Gasteiger partial charge on any atom is -0.496 e. The summed E-state index contributed by atoms with van der Waals surface area (Å²) >= 11 is 8.06. The van der Waals surface area contributed by atoms with E-state index < -0.39 is 0 Å². The lowest BCUT2D eigenvalue weighted by Crippen LogP contribution is -2.32. The van der Waals surface area contributed by atoms with Gasteiger partial charge in [-0.15, -0.1) is 11.3 Å². The third kappa shape index (κ3) is 3.46. The van der Waals surface area contributed by atoms with Crippen molar-refractivity contribution in [3.63, 3.8) is 0 Å². The lowest BCUT2D eigenvalue weighted by molar-refractivity contribution is 0.239. The summed E-state index contributed by atoms with van der Waals surface area (Å²) in [6, 6.07) is 10.4. The van der Waals surface area contributed by atoms with Gasteiger partial charge >= 0.3 is 0 Å². The molecule has 1 unspecified atom stereocenters. The van der Waals surface area contributed by atoms with Crippen LogP contribution in [0.5, 0.6) is 5.75 Å². The average Bonchev–Trinajstić information content (AvgIpc) is 2.91. The highest BCUT2D eigenvalue weighted by Gasteiger charge is 2.26. The third-order valence-corrected chi connectivity index (χ3v) is 5.20. The number of halogens is 1. The number of thiophene rings is 1. The van der Waals surface area contributed by atoms with Crippen molar-refractivity contribution in [3.05, 3.63) is 51.2 Å². The zero-order chi connectivity index (χ0) is 15.4. The first-order valence-corrected chi connectivity index (χ1v) is 8.87.